The number of aliphatic hydroxyl groups is 1. The molecule has 190 valence electrons. The number of rotatable bonds is 9. The molecule has 1 aromatic carbocycles. The zero-order valence-electron chi connectivity index (χ0n) is 20.7. The Morgan fingerprint density at radius 1 is 1.26 bits per heavy atom. The molecule has 0 unspecified atom stereocenters. The van der Waals surface area contributed by atoms with Crippen LogP contribution in [0, 0.1) is 17.2 Å². The van der Waals surface area contributed by atoms with Crippen LogP contribution < -0.4 is 11.1 Å². The molecule has 2 aromatic rings. The number of hydrogen-bond acceptors (Lipinski definition) is 6. The summed E-state index contributed by atoms with van der Waals surface area (Å²) in [4.78, 5) is 0. The number of nitrogens with two attached hydrogens (primary N) is 1. The topological polar surface area (TPSA) is 110 Å². The lowest BCUT2D eigenvalue weighted by molar-refractivity contribution is 0.0780. The van der Waals surface area contributed by atoms with Gasteiger partial charge < -0.3 is 16.2 Å². The third-order valence-electron chi connectivity index (χ3n) is 6.26. The first-order valence-electron chi connectivity index (χ1n) is 12.1. The Morgan fingerprint density at radius 3 is 2.68 bits per heavy atom. The smallest absolute Gasteiger partial charge is 0.152 e. The highest BCUT2D eigenvalue weighted by Gasteiger charge is 2.39. The fourth-order valence-corrected chi connectivity index (χ4v) is 6.57. The fraction of sp³-hybridized carbons (Fsp3) is 0.640. The third-order valence-corrected chi connectivity index (χ3v) is 8.06. The number of anilines is 1. The van der Waals surface area contributed by atoms with Gasteiger partial charge in [-0.05, 0) is 41.9 Å². The third kappa shape index (κ3) is 7.26. The van der Waals surface area contributed by atoms with Crippen LogP contribution >= 0.6 is 0 Å². The van der Waals surface area contributed by atoms with Gasteiger partial charge in [0.2, 0.25) is 0 Å². The highest BCUT2D eigenvalue weighted by molar-refractivity contribution is 7.91. The summed E-state index contributed by atoms with van der Waals surface area (Å²) in [5.74, 6) is -1.26. The van der Waals surface area contributed by atoms with Crippen molar-refractivity contribution in [3.05, 3.63) is 47.0 Å². The van der Waals surface area contributed by atoms with Crippen LogP contribution in [0.15, 0.2) is 24.5 Å². The van der Waals surface area contributed by atoms with E-state index in [1.165, 1.54) is 6.07 Å². The van der Waals surface area contributed by atoms with E-state index in [1.54, 1.807) is 6.20 Å². The lowest BCUT2D eigenvalue weighted by Gasteiger charge is -2.35. The molecule has 1 aromatic heterocycles. The quantitative estimate of drug-likeness (QED) is 0.462. The van der Waals surface area contributed by atoms with E-state index in [0.29, 0.717) is 18.5 Å². The molecular weight excluding hydrogens is 455 g/mol. The molecule has 3 rings (SSSR count). The van der Waals surface area contributed by atoms with Crippen LogP contribution in [0.25, 0.3) is 0 Å². The Labute approximate surface area is 202 Å². The Morgan fingerprint density at radius 2 is 2.00 bits per heavy atom. The molecule has 1 aliphatic heterocycles. The number of nitrogens with one attached hydrogen (secondary N) is 1. The molecule has 1 aliphatic rings. The van der Waals surface area contributed by atoms with Crippen molar-refractivity contribution in [3.63, 3.8) is 0 Å². The van der Waals surface area contributed by atoms with Gasteiger partial charge in [0, 0.05) is 36.8 Å². The van der Waals surface area contributed by atoms with Crippen molar-refractivity contribution in [2.24, 2.45) is 11.3 Å². The number of unbranched alkanes of at least 4 members (excludes halogenated alkanes) is 1. The Balaban J connectivity index is 1.70. The molecular formula is C25H39FN4O3S. The minimum absolute atomic E-state index is 0.0928. The van der Waals surface area contributed by atoms with E-state index in [-0.39, 0.29) is 29.0 Å². The van der Waals surface area contributed by atoms with Crippen molar-refractivity contribution in [3.8, 4) is 0 Å². The average Bonchev–Trinajstić information content (AvgIpc) is 3.16. The number of aryl methyl sites for hydroxylation is 1. The van der Waals surface area contributed by atoms with Crippen LogP contribution in [0.1, 0.15) is 57.2 Å². The fourth-order valence-electron chi connectivity index (χ4n) is 4.60. The van der Waals surface area contributed by atoms with Gasteiger partial charge >= 0.3 is 0 Å². The van der Waals surface area contributed by atoms with E-state index in [0.717, 1.165) is 30.5 Å². The first kappa shape index (κ1) is 26.6. The van der Waals surface area contributed by atoms with E-state index in [9.17, 15) is 17.9 Å². The highest BCUT2D eigenvalue weighted by atomic mass is 32.2. The SMILES string of the molecule is CCCCc1cc(C[C@@H]2CS(=O)(=O)C[C@H](NCc3cnn(CC(C)(C)C)c3)[C@H]2O)cc(F)c1N. The molecule has 0 aliphatic carbocycles. The molecule has 7 nitrogen and oxygen atoms in total. The van der Waals surface area contributed by atoms with Crippen molar-refractivity contribution >= 4 is 15.5 Å². The van der Waals surface area contributed by atoms with E-state index in [1.807, 2.05) is 16.9 Å². The molecule has 0 saturated carbocycles. The van der Waals surface area contributed by atoms with Crippen LogP contribution in [-0.4, -0.2) is 47.0 Å². The van der Waals surface area contributed by atoms with Crippen molar-refractivity contribution < 1.29 is 17.9 Å². The number of sulfone groups is 1. The van der Waals surface area contributed by atoms with Crippen molar-refractivity contribution in [1.29, 1.82) is 0 Å². The molecule has 0 radical (unpaired) electrons. The average molecular weight is 495 g/mol. The lowest BCUT2D eigenvalue weighted by atomic mass is 9.90. The predicted octanol–water partition coefficient (Wildman–Crippen LogP) is 3.10. The maximum atomic E-state index is 14.4. The Bertz CT molecular complexity index is 1080. The van der Waals surface area contributed by atoms with Gasteiger partial charge in [-0.25, -0.2) is 12.8 Å². The van der Waals surface area contributed by atoms with Gasteiger partial charge in [0.05, 0.1) is 29.5 Å². The van der Waals surface area contributed by atoms with E-state index in [4.69, 9.17) is 5.73 Å². The van der Waals surface area contributed by atoms with Gasteiger partial charge in [0.15, 0.2) is 9.84 Å². The van der Waals surface area contributed by atoms with Gasteiger partial charge in [0.1, 0.15) is 5.82 Å². The van der Waals surface area contributed by atoms with Crippen LogP contribution in [0.4, 0.5) is 10.1 Å². The van der Waals surface area contributed by atoms with Crippen LogP contribution in [-0.2, 0) is 35.8 Å². The van der Waals surface area contributed by atoms with Crippen molar-refractivity contribution in [2.75, 3.05) is 17.2 Å². The van der Waals surface area contributed by atoms with Gasteiger partial charge in [-0.3, -0.25) is 4.68 Å². The Hall–Kier alpha value is -1.97. The summed E-state index contributed by atoms with van der Waals surface area (Å²) in [5.41, 5.74) is 8.50. The molecule has 9 heteroatoms. The summed E-state index contributed by atoms with van der Waals surface area (Å²) in [6.45, 7) is 9.64. The molecule has 1 saturated heterocycles. The standard InChI is InChI=1S/C25H39FN4O3S/c1-5-6-7-19-8-17(10-21(26)23(19)27)9-20-14-34(32,33)15-22(24(20)31)28-11-18-12-29-30(13-18)16-25(2,3)4/h8,10,12-13,20,22,24,28,31H,5-7,9,11,14-16,27H2,1-4H3/t20-,22+,24+/m1/s1. The summed E-state index contributed by atoms with van der Waals surface area (Å²) < 4.78 is 41.6. The number of benzene rings is 1. The summed E-state index contributed by atoms with van der Waals surface area (Å²) in [7, 11) is -3.36. The van der Waals surface area contributed by atoms with Gasteiger partial charge in [-0.2, -0.15) is 5.10 Å². The number of nitrogens with zero attached hydrogens (tertiary/aromatic N) is 2. The summed E-state index contributed by atoms with van der Waals surface area (Å²) >= 11 is 0. The normalized spacial score (nSPS) is 22.7. The van der Waals surface area contributed by atoms with Crippen LogP contribution in [0.5, 0.6) is 0 Å². The minimum atomic E-state index is -3.36. The zero-order valence-corrected chi connectivity index (χ0v) is 21.5. The van der Waals surface area contributed by atoms with Crippen molar-refractivity contribution in [2.45, 2.75) is 78.6 Å². The van der Waals surface area contributed by atoms with Crippen molar-refractivity contribution in [1.82, 2.24) is 15.1 Å². The minimum Gasteiger partial charge on any atom is -0.396 e. The molecule has 1 fully saturated rings. The largest absolute Gasteiger partial charge is 0.396 e. The number of halogens is 1. The number of aliphatic hydroxyl groups excluding tert-OH is 1. The molecule has 0 spiro atoms. The summed E-state index contributed by atoms with van der Waals surface area (Å²) in [6.07, 6.45) is 5.64. The molecule has 2 heterocycles. The molecule has 3 atom stereocenters. The maximum Gasteiger partial charge on any atom is 0.152 e. The first-order chi connectivity index (χ1) is 15.9. The second-order valence-electron chi connectivity index (χ2n) is 10.9. The van der Waals surface area contributed by atoms with Crippen LogP contribution in [0.3, 0.4) is 0 Å². The molecule has 0 bridgehead atoms. The highest BCUT2D eigenvalue weighted by Crippen LogP contribution is 2.27. The van der Waals surface area contributed by atoms with Gasteiger partial charge in [-0.15, -0.1) is 0 Å². The number of aromatic nitrogens is 2. The van der Waals surface area contributed by atoms with E-state index < -0.39 is 33.7 Å². The zero-order chi connectivity index (χ0) is 25.1. The van der Waals surface area contributed by atoms with E-state index >= 15 is 0 Å². The Kier molecular flexibility index (Phi) is 8.42. The molecule has 0 amide bonds. The maximum absolute atomic E-state index is 14.4. The van der Waals surface area contributed by atoms with Gasteiger partial charge in [0.25, 0.3) is 0 Å². The lowest BCUT2D eigenvalue weighted by Crippen LogP contribution is -2.54. The van der Waals surface area contributed by atoms with Gasteiger partial charge in [-0.1, -0.05) is 40.2 Å². The molecule has 34 heavy (non-hydrogen) atoms. The second kappa shape index (κ2) is 10.7. The van der Waals surface area contributed by atoms with E-state index in [2.05, 4.69) is 38.1 Å². The summed E-state index contributed by atoms with van der Waals surface area (Å²) in [6, 6.07) is 2.62. The molecule has 4 N–H and O–H groups in total. The monoisotopic (exact) mass is 494 g/mol. The number of hydrogen-bond donors (Lipinski definition) is 3. The first-order valence-corrected chi connectivity index (χ1v) is 13.9. The second-order valence-corrected chi connectivity index (χ2v) is 13.0. The summed E-state index contributed by atoms with van der Waals surface area (Å²) in [5, 5.41) is 18.6. The van der Waals surface area contributed by atoms with Crippen LogP contribution in [0.2, 0.25) is 0 Å². The number of nitrogen functional groups attached to an aromatic ring is 1. The predicted molar refractivity (Wildman–Crippen MR) is 134 cm³/mol.